The Morgan fingerprint density at radius 2 is 2.21 bits per heavy atom. The smallest absolute Gasteiger partial charge is 0.333 e. The third kappa shape index (κ3) is 2.30. The number of hydrogen-bond acceptors (Lipinski definition) is 5. The molecule has 1 saturated heterocycles. The van der Waals surface area contributed by atoms with E-state index in [1.165, 1.54) is 0 Å². The molecule has 0 aromatic carbocycles. The Morgan fingerprint density at radius 1 is 1.53 bits per heavy atom. The molecule has 0 bridgehead atoms. The number of anilines is 1. The van der Waals surface area contributed by atoms with Crippen LogP contribution in [0.25, 0.3) is 0 Å². The summed E-state index contributed by atoms with van der Waals surface area (Å²) in [7, 11) is 1.75. The fourth-order valence-electron chi connectivity index (χ4n) is 3.04. The predicted octanol–water partition coefficient (Wildman–Crippen LogP) is 1.34. The first-order valence-electron chi connectivity index (χ1n) is 6.63. The molecule has 2 atom stereocenters. The molecule has 19 heavy (non-hydrogen) atoms. The molecule has 0 radical (unpaired) electrons. The van der Waals surface area contributed by atoms with Crippen LogP contribution in [0.4, 0.5) is 11.5 Å². The number of aromatic nitrogens is 2. The lowest BCUT2D eigenvalue weighted by molar-refractivity contribution is -0.384. The van der Waals surface area contributed by atoms with E-state index >= 15 is 0 Å². The Balaban J connectivity index is 2.52. The third-order valence-electron chi connectivity index (χ3n) is 3.89. The number of rotatable bonds is 3. The molecule has 1 aliphatic heterocycles. The zero-order valence-corrected chi connectivity index (χ0v) is 11.7. The molecule has 1 fully saturated rings. The SMILES string of the molecule is Cc1nn(C)c(N2C(C)CCCC2CN)c1[N+](=O)[O-]. The number of nitrogens with zero attached hydrogens (tertiary/aromatic N) is 4. The van der Waals surface area contributed by atoms with Crippen LogP contribution in [0.1, 0.15) is 31.9 Å². The van der Waals surface area contributed by atoms with Crippen molar-refractivity contribution in [3.63, 3.8) is 0 Å². The second-order valence-corrected chi connectivity index (χ2v) is 5.22. The maximum absolute atomic E-state index is 11.3. The van der Waals surface area contributed by atoms with E-state index in [1.807, 2.05) is 0 Å². The highest BCUT2D eigenvalue weighted by molar-refractivity contribution is 5.62. The van der Waals surface area contributed by atoms with Crippen LogP contribution in [-0.4, -0.2) is 33.3 Å². The molecule has 7 nitrogen and oxygen atoms in total. The van der Waals surface area contributed by atoms with Crippen molar-refractivity contribution in [2.24, 2.45) is 12.8 Å². The summed E-state index contributed by atoms with van der Waals surface area (Å²) in [5.74, 6) is 0.588. The van der Waals surface area contributed by atoms with Gasteiger partial charge >= 0.3 is 5.69 Å². The van der Waals surface area contributed by atoms with Crippen molar-refractivity contribution in [3.8, 4) is 0 Å². The summed E-state index contributed by atoms with van der Waals surface area (Å²) in [6.07, 6.45) is 3.12. The van der Waals surface area contributed by atoms with Crippen LogP contribution in [-0.2, 0) is 7.05 Å². The van der Waals surface area contributed by atoms with Gasteiger partial charge in [0.1, 0.15) is 5.69 Å². The molecule has 0 saturated carbocycles. The van der Waals surface area contributed by atoms with E-state index in [0.717, 1.165) is 19.3 Å². The van der Waals surface area contributed by atoms with Gasteiger partial charge in [-0.25, -0.2) is 4.68 Å². The largest absolute Gasteiger partial charge is 0.344 e. The first kappa shape index (κ1) is 13.8. The van der Waals surface area contributed by atoms with Crippen LogP contribution in [0, 0.1) is 17.0 Å². The van der Waals surface area contributed by atoms with Gasteiger partial charge in [0.2, 0.25) is 5.82 Å². The molecule has 2 unspecified atom stereocenters. The van der Waals surface area contributed by atoms with Crippen molar-refractivity contribution >= 4 is 11.5 Å². The molecule has 106 valence electrons. The van der Waals surface area contributed by atoms with E-state index in [-0.39, 0.29) is 22.7 Å². The number of nitro groups is 1. The van der Waals surface area contributed by atoms with Gasteiger partial charge in [-0.15, -0.1) is 0 Å². The molecule has 2 rings (SSSR count). The average molecular weight is 267 g/mol. The zero-order chi connectivity index (χ0) is 14.2. The van der Waals surface area contributed by atoms with Crippen LogP contribution in [0.15, 0.2) is 0 Å². The molecule has 1 aromatic rings. The summed E-state index contributed by atoms with van der Waals surface area (Å²) in [5.41, 5.74) is 6.40. The van der Waals surface area contributed by atoms with Crippen molar-refractivity contribution < 1.29 is 4.92 Å². The van der Waals surface area contributed by atoms with Crippen molar-refractivity contribution in [2.75, 3.05) is 11.4 Å². The van der Waals surface area contributed by atoms with Gasteiger partial charge in [0.25, 0.3) is 0 Å². The van der Waals surface area contributed by atoms with E-state index in [2.05, 4.69) is 16.9 Å². The van der Waals surface area contributed by atoms with E-state index < -0.39 is 0 Å². The highest BCUT2D eigenvalue weighted by Gasteiger charge is 2.36. The Hall–Kier alpha value is -1.63. The molecular weight excluding hydrogens is 246 g/mol. The van der Waals surface area contributed by atoms with E-state index in [4.69, 9.17) is 5.73 Å². The quantitative estimate of drug-likeness (QED) is 0.659. The first-order valence-corrected chi connectivity index (χ1v) is 6.63. The number of aryl methyl sites for hydroxylation is 2. The van der Waals surface area contributed by atoms with E-state index in [1.54, 1.807) is 18.7 Å². The van der Waals surface area contributed by atoms with Crippen LogP contribution in [0.2, 0.25) is 0 Å². The molecule has 0 amide bonds. The number of piperidine rings is 1. The minimum atomic E-state index is -0.341. The molecule has 0 aliphatic carbocycles. The highest BCUT2D eigenvalue weighted by Crippen LogP contribution is 2.36. The van der Waals surface area contributed by atoms with Gasteiger partial charge in [-0.1, -0.05) is 0 Å². The fraction of sp³-hybridized carbons (Fsp3) is 0.750. The monoisotopic (exact) mass is 267 g/mol. The van der Waals surface area contributed by atoms with Gasteiger partial charge < -0.3 is 10.6 Å². The normalized spacial score (nSPS) is 23.7. The lowest BCUT2D eigenvalue weighted by Gasteiger charge is -2.41. The maximum atomic E-state index is 11.3. The van der Waals surface area contributed by atoms with Gasteiger partial charge in [-0.3, -0.25) is 10.1 Å². The predicted molar refractivity (Wildman–Crippen MR) is 73.2 cm³/mol. The molecule has 0 spiro atoms. The van der Waals surface area contributed by atoms with Crippen LogP contribution in [0.5, 0.6) is 0 Å². The van der Waals surface area contributed by atoms with Gasteiger partial charge in [0, 0.05) is 25.7 Å². The van der Waals surface area contributed by atoms with E-state index in [9.17, 15) is 10.1 Å². The summed E-state index contributed by atoms with van der Waals surface area (Å²) < 4.78 is 1.61. The van der Waals surface area contributed by atoms with Gasteiger partial charge in [0.15, 0.2) is 0 Å². The highest BCUT2D eigenvalue weighted by atomic mass is 16.6. The van der Waals surface area contributed by atoms with Gasteiger partial charge in [-0.05, 0) is 33.1 Å². The molecular formula is C12H21N5O2. The van der Waals surface area contributed by atoms with Crippen LogP contribution >= 0.6 is 0 Å². The Kier molecular flexibility index (Phi) is 3.75. The Labute approximate surface area is 112 Å². The van der Waals surface area contributed by atoms with Gasteiger partial charge in [-0.2, -0.15) is 5.10 Å². The molecule has 2 N–H and O–H groups in total. The van der Waals surface area contributed by atoms with Crippen molar-refractivity contribution in [1.82, 2.24) is 9.78 Å². The molecule has 7 heteroatoms. The maximum Gasteiger partial charge on any atom is 0.333 e. The Morgan fingerprint density at radius 3 is 2.79 bits per heavy atom. The first-order chi connectivity index (χ1) is 8.97. The third-order valence-corrected chi connectivity index (χ3v) is 3.89. The van der Waals surface area contributed by atoms with Crippen molar-refractivity contribution in [1.29, 1.82) is 0 Å². The zero-order valence-electron chi connectivity index (χ0n) is 11.7. The summed E-state index contributed by atoms with van der Waals surface area (Å²) in [6, 6.07) is 0.396. The molecule has 1 aliphatic rings. The Bertz CT molecular complexity index is 485. The summed E-state index contributed by atoms with van der Waals surface area (Å²) >= 11 is 0. The average Bonchev–Trinajstić information content (AvgIpc) is 2.63. The summed E-state index contributed by atoms with van der Waals surface area (Å²) in [4.78, 5) is 13.0. The van der Waals surface area contributed by atoms with Crippen LogP contribution < -0.4 is 10.6 Å². The topological polar surface area (TPSA) is 90.2 Å². The number of hydrogen-bond donors (Lipinski definition) is 1. The lowest BCUT2D eigenvalue weighted by Crippen LogP contribution is -2.50. The summed E-state index contributed by atoms with van der Waals surface area (Å²) in [6.45, 7) is 4.27. The van der Waals surface area contributed by atoms with E-state index in [0.29, 0.717) is 18.1 Å². The minimum absolute atomic E-state index is 0.106. The molecule has 2 heterocycles. The van der Waals surface area contributed by atoms with Gasteiger partial charge in [0.05, 0.1) is 4.92 Å². The second-order valence-electron chi connectivity index (χ2n) is 5.22. The molecule has 1 aromatic heterocycles. The number of nitrogens with two attached hydrogens (primary N) is 1. The fourth-order valence-corrected chi connectivity index (χ4v) is 3.04. The lowest BCUT2D eigenvalue weighted by atomic mass is 9.96. The van der Waals surface area contributed by atoms with Crippen molar-refractivity contribution in [2.45, 2.75) is 45.2 Å². The summed E-state index contributed by atoms with van der Waals surface area (Å²) in [5, 5.41) is 15.5. The minimum Gasteiger partial charge on any atom is -0.344 e. The van der Waals surface area contributed by atoms with Crippen molar-refractivity contribution in [3.05, 3.63) is 15.8 Å². The van der Waals surface area contributed by atoms with Crippen LogP contribution in [0.3, 0.4) is 0 Å². The second kappa shape index (κ2) is 5.16. The standard InChI is InChI=1S/C12H21N5O2/c1-8-5-4-6-10(7-13)16(8)12-11(17(18)19)9(2)14-15(12)3/h8,10H,4-7,13H2,1-3H3.